The molecule has 0 bridgehead atoms. The maximum absolute atomic E-state index is 11.5. The van der Waals surface area contributed by atoms with Crippen LogP contribution < -0.4 is 10.1 Å². The number of anilines is 1. The number of rotatable bonds is 5. The van der Waals surface area contributed by atoms with Gasteiger partial charge in [-0.15, -0.1) is 0 Å². The quantitative estimate of drug-likeness (QED) is 0.456. The number of carboxylic acid groups (broad SMARTS) is 1. The zero-order chi connectivity index (χ0) is 21.4. The third-order valence-electron chi connectivity index (χ3n) is 6.16. The molecule has 3 aromatic carbocycles. The van der Waals surface area contributed by atoms with Gasteiger partial charge in [-0.25, -0.2) is 4.79 Å². The molecule has 0 unspecified atom stereocenters. The first-order valence-corrected chi connectivity index (χ1v) is 10.7. The van der Waals surface area contributed by atoms with Gasteiger partial charge in [-0.05, 0) is 53.3 Å². The van der Waals surface area contributed by atoms with E-state index < -0.39 is 5.97 Å². The number of allylic oxidation sites excluding steroid dienone is 2. The summed E-state index contributed by atoms with van der Waals surface area (Å²) in [7, 11) is 0. The van der Waals surface area contributed by atoms with E-state index in [1.807, 2.05) is 42.5 Å². The van der Waals surface area contributed by atoms with Crippen molar-refractivity contribution in [1.29, 1.82) is 0 Å². The van der Waals surface area contributed by atoms with E-state index in [0.717, 1.165) is 34.5 Å². The highest BCUT2D eigenvalue weighted by atomic mass is 35.5. The molecule has 0 saturated heterocycles. The number of nitrogens with one attached hydrogen (secondary N) is 1. The molecule has 0 saturated carbocycles. The molecule has 156 valence electrons. The number of hydrogen-bond donors (Lipinski definition) is 2. The van der Waals surface area contributed by atoms with Crippen LogP contribution in [0.4, 0.5) is 5.69 Å². The highest BCUT2D eigenvalue weighted by molar-refractivity contribution is 6.33. The normalized spacial score (nSPS) is 21.1. The lowest BCUT2D eigenvalue weighted by Gasteiger charge is -2.38. The molecule has 5 rings (SSSR count). The molecule has 3 atom stereocenters. The number of halogens is 1. The van der Waals surface area contributed by atoms with Crippen LogP contribution in [-0.4, -0.2) is 11.1 Å². The Bertz CT molecular complexity index is 1140. The van der Waals surface area contributed by atoms with E-state index in [4.69, 9.17) is 16.3 Å². The Morgan fingerprint density at radius 3 is 2.61 bits per heavy atom. The number of benzene rings is 3. The Balaban J connectivity index is 1.39. The lowest BCUT2D eigenvalue weighted by atomic mass is 9.76. The summed E-state index contributed by atoms with van der Waals surface area (Å²) in [4.78, 5) is 11.5. The first-order chi connectivity index (χ1) is 15.1. The van der Waals surface area contributed by atoms with Crippen molar-refractivity contribution >= 4 is 23.3 Å². The molecule has 0 fully saturated rings. The lowest BCUT2D eigenvalue weighted by Crippen LogP contribution is -2.29. The van der Waals surface area contributed by atoms with Gasteiger partial charge in [0.15, 0.2) is 0 Å². The summed E-state index contributed by atoms with van der Waals surface area (Å²) in [5.74, 6) is 0.321. The summed E-state index contributed by atoms with van der Waals surface area (Å²) in [6.45, 7) is 0.533. The molecule has 4 nitrogen and oxygen atoms in total. The Morgan fingerprint density at radius 2 is 1.87 bits per heavy atom. The summed E-state index contributed by atoms with van der Waals surface area (Å²) in [5, 5.41) is 13.5. The first kappa shape index (κ1) is 19.7. The van der Waals surface area contributed by atoms with Crippen LogP contribution in [0.5, 0.6) is 5.75 Å². The van der Waals surface area contributed by atoms with Gasteiger partial charge in [0.05, 0.1) is 22.3 Å². The summed E-state index contributed by atoms with van der Waals surface area (Å²) in [6, 6.07) is 21.6. The molecule has 2 N–H and O–H groups in total. The Kier molecular flexibility index (Phi) is 5.16. The van der Waals surface area contributed by atoms with Crippen molar-refractivity contribution in [2.24, 2.45) is 5.92 Å². The first-order valence-electron chi connectivity index (χ1n) is 10.4. The highest BCUT2D eigenvalue weighted by Crippen LogP contribution is 2.51. The van der Waals surface area contributed by atoms with Gasteiger partial charge in [0.25, 0.3) is 0 Å². The van der Waals surface area contributed by atoms with Crippen molar-refractivity contribution in [2.75, 3.05) is 5.32 Å². The molecule has 0 aromatic heterocycles. The Labute approximate surface area is 186 Å². The van der Waals surface area contributed by atoms with Crippen molar-refractivity contribution in [3.05, 3.63) is 106 Å². The van der Waals surface area contributed by atoms with Crippen LogP contribution in [-0.2, 0) is 6.61 Å². The van der Waals surface area contributed by atoms with E-state index in [-0.39, 0.29) is 17.5 Å². The second-order valence-corrected chi connectivity index (χ2v) is 8.45. The molecule has 5 heteroatoms. The van der Waals surface area contributed by atoms with Crippen LogP contribution in [0.25, 0.3) is 0 Å². The predicted octanol–water partition coefficient (Wildman–Crippen LogP) is 6.44. The zero-order valence-electron chi connectivity index (χ0n) is 16.8. The van der Waals surface area contributed by atoms with E-state index in [1.54, 1.807) is 6.07 Å². The van der Waals surface area contributed by atoms with Crippen molar-refractivity contribution in [3.63, 3.8) is 0 Å². The van der Waals surface area contributed by atoms with Gasteiger partial charge in [-0.2, -0.15) is 0 Å². The number of carboxylic acids is 1. The monoisotopic (exact) mass is 431 g/mol. The minimum Gasteiger partial charge on any atom is -0.489 e. The largest absolute Gasteiger partial charge is 0.489 e. The van der Waals surface area contributed by atoms with Crippen molar-refractivity contribution in [3.8, 4) is 5.75 Å². The van der Waals surface area contributed by atoms with Gasteiger partial charge in [-0.1, -0.05) is 66.2 Å². The third kappa shape index (κ3) is 3.79. The fourth-order valence-corrected chi connectivity index (χ4v) is 4.90. The van der Waals surface area contributed by atoms with Crippen LogP contribution in [0.2, 0.25) is 5.02 Å². The third-order valence-corrected chi connectivity index (χ3v) is 6.45. The minimum atomic E-state index is -0.962. The van der Waals surface area contributed by atoms with Gasteiger partial charge in [-0.3, -0.25) is 0 Å². The Hall–Kier alpha value is -3.24. The summed E-state index contributed by atoms with van der Waals surface area (Å²) in [6.07, 6.45) is 5.29. The standard InChI is InChI=1S/C26H22ClNO3/c27-23-14-18(26(29)30)13-22-20-7-4-8-21(20)24(28-25(22)23)17-9-11-19(12-10-17)31-15-16-5-2-1-3-6-16/h1-7,9-14,20-21,24,28H,8,15H2,(H,29,30)/t20-,21-,24+/m0/s1. The highest BCUT2D eigenvalue weighted by Gasteiger charge is 2.39. The predicted molar refractivity (Wildman–Crippen MR) is 122 cm³/mol. The number of hydrogen-bond acceptors (Lipinski definition) is 3. The van der Waals surface area contributed by atoms with Crippen LogP contribution in [0, 0.1) is 5.92 Å². The van der Waals surface area contributed by atoms with E-state index >= 15 is 0 Å². The topological polar surface area (TPSA) is 58.6 Å². The molecule has 0 amide bonds. The summed E-state index contributed by atoms with van der Waals surface area (Å²) < 4.78 is 5.92. The van der Waals surface area contributed by atoms with Crippen molar-refractivity contribution in [2.45, 2.75) is 25.0 Å². The molecular weight excluding hydrogens is 410 g/mol. The number of aromatic carboxylic acids is 1. The van der Waals surface area contributed by atoms with E-state index in [1.165, 1.54) is 6.07 Å². The lowest BCUT2D eigenvalue weighted by molar-refractivity contribution is 0.0696. The molecule has 31 heavy (non-hydrogen) atoms. The number of ether oxygens (including phenoxy) is 1. The molecule has 0 radical (unpaired) electrons. The average molecular weight is 432 g/mol. The van der Waals surface area contributed by atoms with E-state index in [0.29, 0.717) is 17.5 Å². The molecule has 1 aliphatic carbocycles. The van der Waals surface area contributed by atoms with Gasteiger partial charge in [0.1, 0.15) is 12.4 Å². The summed E-state index contributed by atoms with van der Waals surface area (Å²) in [5.41, 5.74) is 4.31. The van der Waals surface area contributed by atoms with Gasteiger partial charge >= 0.3 is 5.97 Å². The molecule has 1 heterocycles. The smallest absolute Gasteiger partial charge is 0.335 e. The molecule has 3 aromatic rings. The van der Waals surface area contributed by atoms with Gasteiger partial charge in [0, 0.05) is 5.92 Å². The second-order valence-electron chi connectivity index (χ2n) is 8.05. The SMILES string of the molecule is O=C(O)c1cc(Cl)c2c(c1)[C@H]1C=CC[C@@H]1[C@@H](c1ccc(OCc3ccccc3)cc1)N2. The van der Waals surface area contributed by atoms with Gasteiger partial charge in [0.2, 0.25) is 0 Å². The van der Waals surface area contributed by atoms with Crippen LogP contribution in [0.3, 0.4) is 0 Å². The van der Waals surface area contributed by atoms with Crippen LogP contribution in [0.1, 0.15) is 45.4 Å². The van der Waals surface area contributed by atoms with E-state index in [2.05, 4.69) is 29.6 Å². The molecular formula is C26H22ClNO3. The Morgan fingerprint density at radius 1 is 1.10 bits per heavy atom. The minimum absolute atomic E-state index is 0.0869. The number of carbonyl (C=O) groups is 1. The maximum Gasteiger partial charge on any atom is 0.335 e. The molecule has 2 aliphatic rings. The van der Waals surface area contributed by atoms with E-state index in [9.17, 15) is 9.90 Å². The molecule has 0 spiro atoms. The van der Waals surface area contributed by atoms with Crippen molar-refractivity contribution in [1.82, 2.24) is 0 Å². The average Bonchev–Trinajstić information content (AvgIpc) is 3.29. The fraction of sp³-hybridized carbons (Fsp3) is 0.192. The number of fused-ring (bicyclic) bond motifs is 3. The fourth-order valence-electron chi connectivity index (χ4n) is 4.62. The molecule has 1 aliphatic heterocycles. The summed E-state index contributed by atoms with van der Waals surface area (Å²) >= 11 is 6.49. The zero-order valence-corrected chi connectivity index (χ0v) is 17.5. The van der Waals surface area contributed by atoms with Crippen LogP contribution >= 0.6 is 11.6 Å². The van der Waals surface area contributed by atoms with Crippen LogP contribution in [0.15, 0.2) is 78.9 Å². The van der Waals surface area contributed by atoms with Crippen molar-refractivity contribution < 1.29 is 14.6 Å². The van der Waals surface area contributed by atoms with Gasteiger partial charge < -0.3 is 15.2 Å². The second kappa shape index (κ2) is 8.12. The maximum atomic E-state index is 11.5.